The van der Waals surface area contributed by atoms with Crippen LogP contribution in [-0.4, -0.2) is 25.1 Å². The molecule has 0 bridgehead atoms. The summed E-state index contributed by atoms with van der Waals surface area (Å²) in [6.45, 7) is 5.14. The molecule has 0 unspecified atom stereocenters. The number of benzene rings is 1. The second-order valence-corrected chi connectivity index (χ2v) is 9.22. The van der Waals surface area contributed by atoms with E-state index in [0.29, 0.717) is 0 Å². The van der Waals surface area contributed by atoms with E-state index in [1.807, 2.05) is 6.20 Å². The molecule has 0 atom stereocenters. The van der Waals surface area contributed by atoms with Gasteiger partial charge in [0.25, 0.3) is 0 Å². The lowest BCUT2D eigenvalue weighted by Crippen LogP contribution is -3.00. The largest absolute Gasteiger partial charge is 1.00 e. The summed E-state index contributed by atoms with van der Waals surface area (Å²) >= 11 is 0. The molecule has 1 aromatic carbocycles. The summed E-state index contributed by atoms with van der Waals surface area (Å²) in [6, 6.07) is 10.9. The van der Waals surface area contributed by atoms with Crippen molar-refractivity contribution in [3.63, 3.8) is 0 Å². The normalized spacial score (nSPS) is 11.2. The zero-order valence-electron chi connectivity index (χ0n) is 19.5. The van der Waals surface area contributed by atoms with Gasteiger partial charge in [-0.15, -0.1) is 0 Å². The highest BCUT2D eigenvalue weighted by Crippen LogP contribution is 2.14. The summed E-state index contributed by atoms with van der Waals surface area (Å²) in [5, 5.41) is 0. The van der Waals surface area contributed by atoms with E-state index in [4.69, 9.17) is 0 Å². The second-order valence-electron chi connectivity index (χ2n) is 9.22. The Hall–Kier alpha value is -0.790. The summed E-state index contributed by atoms with van der Waals surface area (Å²) in [6.07, 6.45) is 24.7. The van der Waals surface area contributed by atoms with Crippen LogP contribution in [-0.2, 0) is 6.42 Å². The highest BCUT2D eigenvalue weighted by Gasteiger charge is 2.08. The SMILES string of the molecule is C=C[N+](C)(C)CCCCCCCCCCCCCCCCCc1ccccc1.[Cl-]. The highest BCUT2D eigenvalue weighted by molar-refractivity contribution is 5.14. The van der Waals surface area contributed by atoms with Crippen LogP contribution in [0, 0.1) is 0 Å². The molecule has 0 fully saturated rings. The zero-order valence-corrected chi connectivity index (χ0v) is 20.3. The number of aryl methyl sites for hydroxylation is 1. The van der Waals surface area contributed by atoms with Crippen LogP contribution in [0.4, 0.5) is 0 Å². The Morgan fingerprint density at radius 2 is 1.00 bits per heavy atom. The van der Waals surface area contributed by atoms with E-state index in [1.165, 1.54) is 115 Å². The molecule has 0 saturated carbocycles. The quantitative estimate of drug-likeness (QED) is 0.210. The van der Waals surface area contributed by atoms with Crippen LogP contribution in [0.5, 0.6) is 0 Å². The molecule has 29 heavy (non-hydrogen) atoms. The Bertz CT molecular complexity index is 469. The van der Waals surface area contributed by atoms with E-state index in [0.717, 1.165) is 4.48 Å². The average Bonchev–Trinajstić information content (AvgIpc) is 2.71. The molecule has 0 aliphatic rings. The number of quaternary nitrogens is 1. The first kappa shape index (κ1) is 28.2. The minimum atomic E-state index is 0. The third kappa shape index (κ3) is 17.8. The van der Waals surface area contributed by atoms with Gasteiger partial charge in [-0.2, -0.15) is 0 Å². The molecule has 0 heterocycles. The predicted octanol–water partition coefficient (Wildman–Crippen LogP) is 5.30. The lowest BCUT2D eigenvalue weighted by Gasteiger charge is -2.24. The standard InChI is InChI=1S/C27H48N.ClH/c1-4-28(2,3)26-22-17-15-13-11-9-7-5-6-8-10-12-14-16-19-23-27-24-20-18-21-25-27;/h4,18,20-21,24-25H,1,5-17,19,22-23,26H2,2-3H3;1H/q+1;/p-1. The van der Waals surface area contributed by atoms with Crippen LogP contribution in [0.25, 0.3) is 0 Å². The molecule has 1 rings (SSSR count). The van der Waals surface area contributed by atoms with Gasteiger partial charge < -0.3 is 16.9 Å². The molecule has 1 aromatic rings. The molecule has 0 aromatic heterocycles. The smallest absolute Gasteiger partial charge is 0.0881 e. The monoisotopic (exact) mass is 421 g/mol. The molecular weight excluding hydrogens is 374 g/mol. The van der Waals surface area contributed by atoms with Crippen LogP contribution >= 0.6 is 0 Å². The number of hydrogen-bond acceptors (Lipinski definition) is 0. The molecule has 0 aliphatic heterocycles. The summed E-state index contributed by atoms with van der Waals surface area (Å²) in [5.41, 5.74) is 1.50. The first-order valence-electron chi connectivity index (χ1n) is 12.1. The molecule has 0 radical (unpaired) electrons. The predicted molar refractivity (Wildman–Crippen MR) is 127 cm³/mol. The summed E-state index contributed by atoms with van der Waals surface area (Å²) < 4.78 is 0.952. The average molecular weight is 422 g/mol. The Labute approximate surface area is 189 Å². The van der Waals surface area contributed by atoms with Crippen LogP contribution in [0.1, 0.15) is 102 Å². The number of unbranched alkanes of at least 4 members (excludes halogenated alkanes) is 14. The van der Waals surface area contributed by atoms with E-state index in [-0.39, 0.29) is 12.4 Å². The maximum atomic E-state index is 3.91. The summed E-state index contributed by atoms with van der Waals surface area (Å²) in [5.74, 6) is 0. The molecule has 2 heteroatoms. The molecule has 0 N–H and O–H groups in total. The van der Waals surface area contributed by atoms with E-state index < -0.39 is 0 Å². The van der Waals surface area contributed by atoms with Crippen LogP contribution in [0.2, 0.25) is 0 Å². The zero-order chi connectivity index (χ0) is 20.3. The van der Waals surface area contributed by atoms with Crippen LogP contribution in [0.3, 0.4) is 0 Å². The Balaban J connectivity index is 0.00000784. The van der Waals surface area contributed by atoms with Crippen molar-refractivity contribution in [2.75, 3.05) is 20.6 Å². The third-order valence-electron chi connectivity index (χ3n) is 6.04. The molecular formula is C27H48ClN. The molecule has 0 spiro atoms. The van der Waals surface area contributed by atoms with Gasteiger partial charge in [0.15, 0.2) is 0 Å². The second kappa shape index (κ2) is 19.2. The van der Waals surface area contributed by atoms with Crippen LogP contribution in [0.15, 0.2) is 43.1 Å². The van der Waals surface area contributed by atoms with Crippen LogP contribution < -0.4 is 12.4 Å². The fraction of sp³-hybridized carbons (Fsp3) is 0.704. The first-order chi connectivity index (χ1) is 13.6. The van der Waals surface area contributed by atoms with Gasteiger partial charge in [-0.05, 0) is 37.8 Å². The van der Waals surface area contributed by atoms with E-state index in [9.17, 15) is 0 Å². The minimum Gasteiger partial charge on any atom is -1.00 e. The number of hydrogen-bond donors (Lipinski definition) is 0. The van der Waals surface area contributed by atoms with E-state index in [2.05, 4.69) is 51.0 Å². The molecule has 0 aliphatic carbocycles. The van der Waals surface area contributed by atoms with Crippen molar-refractivity contribution < 1.29 is 16.9 Å². The van der Waals surface area contributed by atoms with Crippen molar-refractivity contribution in [2.45, 2.75) is 103 Å². The minimum absolute atomic E-state index is 0. The van der Waals surface area contributed by atoms with Gasteiger partial charge in [0.05, 0.1) is 26.8 Å². The van der Waals surface area contributed by atoms with Crippen molar-refractivity contribution >= 4 is 0 Å². The molecule has 1 nitrogen and oxygen atoms in total. The fourth-order valence-corrected chi connectivity index (χ4v) is 3.88. The first-order valence-corrected chi connectivity index (χ1v) is 12.1. The van der Waals surface area contributed by atoms with Gasteiger partial charge in [0.1, 0.15) is 0 Å². The number of halogens is 1. The molecule has 168 valence electrons. The maximum Gasteiger partial charge on any atom is 0.0881 e. The van der Waals surface area contributed by atoms with Crippen molar-refractivity contribution in [2.24, 2.45) is 0 Å². The Morgan fingerprint density at radius 1 is 0.621 bits per heavy atom. The number of nitrogens with zero attached hydrogens (tertiary/aromatic N) is 1. The van der Waals surface area contributed by atoms with Gasteiger partial charge in [-0.25, -0.2) is 0 Å². The maximum absolute atomic E-state index is 3.91. The lowest BCUT2D eigenvalue weighted by atomic mass is 10.0. The van der Waals surface area contributed by atoms with Crippen molar-refractivity contribution in [1.82, 2.24) is 0 Å². The Morgan fingerprint density at radius 3 is 1.41 bits per heavy atom. The lowest BCUT2D eigenvalue weighted by molar-refractivity contribution is -0.838. The van der Waals surface area contributed by atoms with Gasteiger partial charge >= 0.3 is 0 Å². The van der Waals surface area contributed by atoms with Gasteiger partial charge in [0, 0.05) is 0 Å². The van der Waals surface area contributed by atoms with Crippen molar-refractivity contribution in [1.29, 1.82) is 0 Å². The van der Waals surface area contributed by atoms with Crippen molar-refractivity contribution in [3.05, 3.63) is 48.7 Å². The third-order valence-corrected chi connectivity index (χ3v) is 6.04. The Kier molecular flexibility index (Phi) is 18.7. The summed E-state index contributed by atoms with van der Waals surface area (Å²) in [7, 11) is 4.47. The van der Waals surface area contributed by atoms with Gasteiger partial charge in [-0.3, -0.25) is 0 Å². The summed E-state index contributed by atoms with van der Waals surface area (Å²) in [4.78, 5) is 0. The fourth-order valence-electron chi connectivity index (χ4n) is 3.88. The van der Waals surface area contributed by atoms with Gasteiger partial charge in [-0.1, -0.05) is 107 Å². The van der Waals surface area contributed by atoms with E-state index in [1.54, 1.807) is 0 Å². The molecule has 0 amide bonds. The van der Waals surface area contributed by atoms with E-state index >= 15 is 0 Å². The topological polar surface area (TPSA) is 0 Å². The number of rotatable bonds is 19. The van der Waals surface area contributed by atoms with Crippen molar-refractivity contribution in [3.8, 4) is 0 Å². The molecule has 0 saturated heterocycles. The van der Waals surface area contributed by atoms with Gasteiger partial charge in [0.2, 0.25) is 0 Å². The highest BCUT2D eigenvalue weighted by atomic mass is 35.5.